The smallest absolute Gasteiger partial charge is 0.171 e. The van der Waals surface area contributed by atoms with Crippen LogP contribution in [0.25, 0.3) is 0 Å². The second kappa shape index (κ2) is 4.46. The third-order valence-electron chi connectivity index (χ3n) is 5.14. The Morgan fingerprint density at radius 3 is 3.06 bits per heavy atom. The quantitative estimate of drug-likeness (QED) is 0.707. The number of hydrogen-bond acceptors (Lipinski definition) is 3. The number of ketones is 1. The topological polar surface area (TPSA) is 35.5 Å². The molecule has 3 fully saturated rings. The van der Waals surface area contributed by atoms with E-state index in [1.165, 1.54) is 0 Å². The van der Waals surface area contributed by atoms with Gasteiger partial charge in [0.1, 0.15) is 5.78 Å². The molecule has 0 aromatic carbocycles. The minimum Gasteiger partial charge on any atom is -0.353 e. The van der Waals surface area contributed by atoms with Crippen LogP contribution in [-0.2, 0) is 14.3 Å². The second-order valence-electron chi connectivity index (χ2n) is 5.94. The molecule has 1 unspecified atom stereocenters. The number of methoxy groups -OCH3 is 1. The van der Waals surface area contributed by atoms with Crippen molar-refractivity contribution in [2.24, 2.45) is 17.8 Å². The van der Waals surface area contributed by atoms with Gasteiger partial charge in [0, 0.05) is 38.2 Å². The second-order valence-corrected chi connectivity index (χ2v) is 5.94. The zero-order chi connectivity index (χ0) is 12.8. The van der Waals surface area contributed by atoms with Crippen LogP contribution in [0.1, 0.15) is 38.5 Å². The van der Waals surface area contributed by atoms with E-state index in [1.807, 2.05) is 6.08 Å². The van der Waals surface area contributed by atoms with Crippen LogP contribution in [0, 0.1) is 17.8 Å². The minimum absolute atomic E-state index is 0.216. The van der Waals surface area contributed by atoms with Crippen molar-refractivity contribution in [3.8, 4) is 0 Å². The summed E-state index contributed by atoms with van der Waals surface area (Å²) in [4.78, 5) is 11.7. The monoisotopic (exact) mass is 250 g/mol. The maximum atomic E-state index is 11.7. The van der Waals surface area contributed by atoms with Crippen LogP contribution in [0.4, 0.5) is 0 Å². The standard InChI is InChI=1S/C15H22O3/c1-3-10-5-4-8-15(17-2)14(10)12-9-11(16)6-7-13(12)18-15/h3,10,12-14H,1,4-9H2,2H3/t10-,12-,13+,14-,15?/m1/s1. The predicted octanol–water partition coefficient (Wildman–Crippen LogP) is 2.70. The van der Waals surface area contributed by atoms with E-state index in [2.05, 4.69) is 6.58 Å². The summed E-state index contributed by atoms with van der Waals surface area (Å²) < 4.78 is 12.0. The molecule has 2 aliphatic carbocycles. The summed E-state index contributed by atoms with van der Waals surface area (Å²) in [6.07, 6.45) is 7.70. The molecule has 3 heteroatoms. The molecule has 0 radical (unpaired) electrons. The van der Waals surface area contributed by atoms with E-state index in [0.717, 1.165) is 25.7 Å². The van der Waals surface area contributed by atoms with Crippen LogP contribution in [0.5, 0.6) is 0 Å². The van der Waals surface area contributed by atoms with E-state index < -0.39 is 5.79 Å². The van der Waals surface area contributed by atoms with Gasteiger partial charge in [0.2, 0.25) is 0 Å². The van der Waals surface area contributed by atoms with E-state index >= 15 is 0 Å². The third-order valence-corrected chi connectivity index (χ3v) is 5.14. The number of allylic oxidation sites excluding steroid dienone is 1. The molecule has 0 spiro atoms. The van der Waals surface area contributed by atoms with Gasteiger partial charge in [0.25, 0.3) is 0 Å². The van der Waals surface area contributed by atoms with Gasteiger partial charge in [-0.2, -0.15) is 0 Å². The van der Waals surface area contributed by atoms with E-state index in [9.17, 15) is 4.79 Å². The molecular formula is C15H22O3. The number of Topliss-reactive ketones (excluding diaryl/α,β-unsaturated/α-hetero) is 1. The van der Waals surface area contributed by atoms with Crippen molar-refractivity contribution in [1.82, 2.24) is 0 Å². The van der Waals surface area contributed by atoms with Crippen molar-refractivity contribution in [1.29, 1.82) is 0 Å². The van der Waals surface area contributed by atoms with Crippen LogP contribution in [-0.4, -0.2) is 24.8 Å². The SMILES string of the molecule is C=C[C@@H]1CCCC2(OC)O[C@H]3CCC(=O)C[C@H]3[C@@H]12. The Morgan fingerprint density at radius 2 is 2.33 bits per heavy atom. The van der Waals surface area contributed by atoms with E-state index in [4.69, 9.17) is 9.47 Å². The first kappa shape index (κ1) is 12.4. The van der Waals surface area contributed by atoms with E-state index in [0.29, 0.717) is 36.4 Å². The van der Waals surface area contributed by atoms with Gasteiger partial charge in [-0.25, -0.2) is 0 Å². The molecule has 0 bridgehead atoms. The molecule has 0 aromatic rings. The van der Waals surface area contributed by atoms with Crippen molar-refractivity contribution in [2.45, 2.75) is 50.4 Å². The fourth-order valence-electron chi connectivity index (χ4n) is 4.36. The Labute approximate surface area is 109 Å². The van der Waals surface area contributed by atoms with Gasteiger partial charge in [-0.15, -0.1) is 6.58 Å². The molecule has 0 amide bonds. The Hall–Kier alpha value is -0.670. The van der Waals surface area contributed by atoms with Crippen LogP contribution in [0.3, 0.4) is 0 Å². The lowest BCUT2D eigenvalue weighted by Gasteiger charge is -2.42. The summed E-state index contributed by atoms with van der Waals surface area (Å²) in [6, 6.07) is 0. The number of fused-ring (bicyclic) bond motifs is 3. The molecule has 1 aliphatic heterocycles. The number of ether oxygens (including phenoxy) is 2. The summed E-state index contributed by atoms with van der Waals surface area (Å²) in [5.41, 5.74) is 0. The molecule has 0 N–H and O–H groups in total. The van der Waals surface area contributed by atoms with Crippen LogP contribution in [0.15, 0.2) is 12.7 Å². The van der Waals surface area contributed by atoms with E-state index in [1.54, 1.807) is 7.11 Å². The van der Waals surface area contributed by atoms with Gasteiger partial charge in [-0.3, -0.25) is 4.79 Å². The molecular weight excluding hydrogens is 228 g/mol. The maximum absolute atomic E-state index is 11.7. The maximum Gasteiger partial charge on any atom is 0.171 e. The Bertz CT molecular complexity index is 365. The van der Waals surface area contributed by atoms with Gasteiger partial charge in [-0.05, 0) is 25.2 Å². The first-order valence-corrected chi connectivity index (χ1v) is 7.07. The zero-order valence-corrected chi connectivity index (χ0v) is 11.1. The highest BCUT2D eigenvalue weighted by molar-refractivity contribution is 5.79. The summed E-state index contributed by atoms with van der Waals surface area (Å²) in [5, 5.41) is 0. The lowest BCUT2D eigenvalue weighted by Crippen LogP contribution is -2.45. The van der Waals surface area contributed by atoms with Crippen molar-refractivity contribution in [2.75, 3.05) is 7.11 Å². The molecule has 1 heterocycles. The van der Waals surface area contributed by atoms with Crippen LogP contribution in [0.2, 0.25) is 0 Å². The summed E-state index contributed by atoms with van der Waals surface area (Å²) in [7, 11) is 1.75. The molecule has 18 heavy (non-hydrogen) atoms. The highest BCUT2D eigenvalue weighted by atomic mass is 16.7. The van der Waals surface area contributed by atoms with Crippen LogP contribution >= 0.6 is 0 Å². The molecule has 0 aromatic heterocycles. The Kier molecular flexibility index (Phi) is 3.07. The first-order valence-electron chi connectivity index (χ1n) is 7.07. The summed E-state index contributed by atoms with van der Waals surface area (Å²) in [5.74, 6) is 1.04. The normalized spacial score (nSPS) is 47.5. The zero-order valence-electron chi connectivity index (χ0n) is 11.1. The van der Waals surface area contributed by atoms with Crippen molar-refractivity contribution in [3.63, 3.8) is 0 Å². The molecule has 3 nitrogen and oxygen atoms in total. The van der Waals surface area contributed by atoms with Crippen LogP contribution < -0.4 is 0 Å². The van der Waals surface area contributed by atoms with E-state index in [-0.39, 0.29) is 6.10 Å². The molecule has 5 atom stereocenters. The number of hydrogen-bond donors (Lipinski definition) is 0. The average molecular weight is 250 g/mol. The fourth-order valence-corrected chi connectivity index (χ4v) is 4.36. The van der Waals surface area contributed by atoms with Gasteiger partial charge in [-0.1, -0.05) is 6.08 Å². The number of carbonyl (C=O) groups excluding carboxylic acids is 1. The molecule has 3 aliphatic rings. The third kappa shape index (κ3) is 1.68. The van der Waals surface area contributed by atoms with Gasteiger partial charge in [0.05, 0.1) is 6.10 Å². The lowest BCUT2D eigenvalue weighted by molar-refractivity contribution is -0.249. The molecule has 3 rings (SSSR count). The molecule has 1 saturated heterocycles. The lowest BCUT2D eigenvalue weighted by atomic mass is 9.66. The van der Waals surface area contributed by atoms with Gasteiger partial charge >= 0.3 is 0 Å². The highest BCUT2D eigenvalue weighted by Crippen LogP contribution is 2.55. The number of carbonyl (C=O) groups is 1. The van der Waals surface area contributed by atoms with Crippen molar-refractivity contribution >= 4 is 5.78 Å². The Balaban J connectivity index is 1.94. The minimum atomic E-state index is -0.447. The first-order chi connectivity index (χ1) is 8.70. The largest absolute Gasteiger partial charge is 0.353 e. The fraction of sp³-hybridized carbons (Fsp3) is 0.800. The van der Waals surface area contributed by atoms with Crippen molar-refractivity contribution in [3.05, 3.63) is 12.7 Å². The average Bonchev–Trinajstić information content (AvgIpc) is 2.73. The summed E-state index contributed by atoms with van der Waals surface area (Å²) >= 11 is 0. The van der Waals surface area contributed by atoms with Gasteiger partial charge in [0.15, 0.2) is 5.79 Å². The number of rotatable bonds is 2. The molecule has 2 saturated carbocycles. The predicted molar refractivity (Wildman–Crippen MR) is 68.0 cm³/mol. The Morgan fingerprint density at radius 1 is 1.50 bits per heavy atom. The van der Waals surface area contributed by atoms with Crippen molar-refractivity contribution < 1.29 is 14.3 Å². The summed E-state index contributed by atoms with van der Waals surface area (Å²) in [6.45, 7) is 3.97. The van der Waals surface area contributed by atoms with Gasteiger partial charge < -0.3 is 9.47 Å². The highest BCUT2D eigenvalue weighted by Gasteiger charge is 2.59. The molecule has 100 valence electrons.